The highest BCUT2D eigenvalue weighted by Gasteiger charge is 2.13. The van der Waals surface area contributed by atoms with Gasteiger partial charge in [-0.3, -0.25) is 4.79 Å². The molecule has 0 aliphatic heterocycles. The van der Waals surface area contributed by atoms with Crippen LogP contribution in [0.1, 0.15) is 16.4 Å². The second-order valence-electron chi connectivity index (χ2n) is 6.13. The lowest BCUT2D eigenvalue weighted by atomic mass is 10.2. The fourth-order valence-electron chi connectivity index (χ4n) is 2.71. The number of thiazole rings is 1. The zero-order valence-corrected chi connectivity index (χ0v) is 16.9. The molecule has 0 saturated carbocycles. The summed E-state index contributed by atoms with van der Waals surface area (Å²) in [5.74, 6) is 0.697. The SMILES string of the molecule is Cc1nnc(SCC(=O)OCc2nc3ccccc3s2)n1Cc1ccccc1. The Bertz CT molecular complexity index is 1060. The second-order valence-corrected chi connectivity index (χ2v) is 8.18. The summed E-state index contributed by atoms with van der Waals surface area (Å²) in [5.41, 5.74) is 2.09. The minimum Gasteiger partial charge on any atom is -0.458 e. The predicted octanol–water partition coefficient (Wildman–Crippen LogP) is 4.08. The van der Waals surface area contributed by atoms with E-state index in [0.717, 1.165) is 26.6 Å². The molecule has 0 N–H and O–H groups in total. The molecule has 2 aromatic heterocycles. The van der Waals surface area contributed by atoms with Crippen LogP contribution < -0.4 is 0 Å². The number of fused-ring (bicyclic) bond motifs is 1. The summed E-state index contributed by atoms with van der Waals surface area (Å²) in [4.78, 5) is 16.6. The maximum absolute atomic E-state index is 12.2. The first-order valence-electron chi connectivity index (χ1n) is 8.75. The van der Waals surface area contributed by atoms with E-state index < -0.39 is 0 Å². The quantitative estimate of drug-likeness (QED) is 0.338. The van der Waals surface area contributed by atoms with Crippen LogP contribution in [0, 0.1) is 6.92 Å². The van der Waals surface area contributed by atoms with E-state index in [1.807, 2.05) is 54.0 Å². The van der Waals surface area contributed by atoms with Crippen LogP contribution in [0.15, 0.2) is 59.8 Å². The maximum atomic E-state index is 12.2. The number of thioether (sulfide) groups is 1. The van der Waals surface area contributed by atoms with Crippen LogP contribution in [0.25, 0.3) is 10.2 Å². The molecule has 0 aliphatic rings. The zero-order valence-electron chi connectivity index (χ0n) is 15.2. The van der Waals surface area contributed by atoms with E-state index in [2.05, 4.69) is 27.3 Å². The van der Waals surface area contributed by atoms with Gasteiger partial charge < -0.3 is 9.30 Å². The Labute approximate surface area is 170 Å². The number of para-hydroxylation sites is 1. The third kappa shape index (κ3) is 4.40. The predicted molar refractivity (Wildman–Crippen MR) is 110 cm³/mol. The minimum absolute atomic E-state index is 0.178. The standard InChI is InChI=1S/C20H18N4O2S2/c1-14-22-23-20(24(14)11-15-7-3-2-4-8-15)27-13-19(25)26-12-18-21-16-9-5-6-10-17(16)28-18/h2-10H,11-13H2,1H3. The third-order valence-electron chi connectivity index (χ3n) is 4.10. The summed E-state index contributed by atoms with van der Waals surface area (Å²) >= 11 is 2.87. The molecule has 0 bridgehead atoms. The van der Waals surface area contributed by atoms with Crippen molar-refractivity contribution in [3.63, 3.8) is 0 Å². The first-order valence-corrected chi connectivity index (χ1v) is 10.6. The Morgan fingerprint density at radius 2 is 1.89 bits per heavy atom. The van der Waals surface area contributed by atoms with Gasteiger partial charge in [-0.05, 0) is 24.6 Å². The highest BCUT2D eigenvalue weighted by atomic mass is 32.2. The Hall–Kier alpha value is -2.71. The number of carbonyl (C=O) groups excluding carboxylic acids is 1. The van der Waals surface area contributed by atoms with Gasteiger partial charge in [-0.25, -0.2) is 4.98 Å². The number of esters is 1. The molecule has 0 amide bonds. The van der Waals surface area contributed by atoms with E-state index in [-0.39, 0.29) is 18.3 Å². The summed E-state index contributed by atoms with van der Waals surface area (Å²) in [5, 5.41) is 9.83. The monoisotopic (exact) mass is 410 g/mol. The molecule has 2 heterocycles. The minimum atomic E-state index is -0.295. The van der Waals surface area contributed by atoms with Gasteiger partial charge in [-0.1, -0.05) is 54.2 Å². The van der Waals surface area contributed by atoms with E-state index in [1.54, 1.807) is 0 Å². The van der Waals surface area contributed by atoms with Crippen LogP contribution in [0.2, 0.25) is 0 Å². The number of hydrogen-bond donors (Lipinski definition) is 0. The second kappa shape index (κ2) is 8.53. The molecule has 28 heavy (non-hydrogen) atoms. The number of nitrogens with zero attached hydrogens (tertiary/aromatic N) is 4. The fraction of sp³-hybridized carbons (Fsp3) is 0.200. The first-order chi connectivity index (χ1) is 13.7. The van der Waals surface area contributed by atoms with Gasteiger partial charge in [0, 0.05) is 0 Å². The number of rotatable bonds is 7. The van der Waals surface area contributed by atoms with Crippen molar-refractivity contribution >= 4 is 39.3 Å². The van der Waals surface area contributed by atoms with Crippen molar-refractivity contribution in [3.8, 4) is 0 Å². The van der Waals surface area contributed by atoms with Crippen LogP contribution in [0.4, 0.5) is 0 Å². The van der Waals surface area contributed by atoms with E-state index in [1.165, 1.54) is 23.1 Å². The smallest absolute Gasteiger partial charge is 0.316 e. The molecule has 8 heteroatoms. The molecule has 0 saturated heterocycles. The van der Waals surface area contributed by atoms with Gasteiger partial charge in [-0.15, -0.1) is 21.5 Å². The normalized spacial score (nSPS) is 11.0. The van der Waals surface area contributed by atoms with Crippen molar-refractivity contribution in [2.75, 3.05) is 5.75 Å². The lowest BCUT2D eigenvalue weighted by molar-refractivity contribution is -0.141. The molecular formula is C20H18N4O2S2. The summed E-state index contributed by atoms with van der Waals surface area (Å²) in [6.07, 6.45) is 0. The Kier molecular flexibility index (Phi) is 5.68. The van der Waals surface area contributed by atoms with Gasteiger partial charge in [0.15, 0.2) is 5.16 Å². The largest absolute Gasteiger partial charge is 0.458 e. The topological polar surface area (TPSA) is 69.9 Å². The average Bonchev–Trinajstić information content (AvgIpc) is 3.29. The molecule has 0 spiro atoms. The lowest BCUT2D eigenvalue weighted by Gasteiger charge is -2.08. The number of hydrogen-bond acceptors (Lipinski definition) is 7. The van der Waals surface area contributed by atoms with Gasteiger partial charge >= 0.3 is 5.97 Å². The van der Waals surface area contributed by atoms with Crippen molar-refractivity contribution in [2.24, 2.45) is 0 Å². The molecule has 0 unspecified atom stereocenters. The molecule has 4 rings (SSSR count). The van der Waals surface area contributed by atoms with Crippen LogP contribution in [0.3, 0.4) is 0 Å². The molecule has 4 aromatic rings. The summed E-state index contributed by atoms with van der Waals surface area (Å²) < 4.78 is 8.47. The van der Waals surface area contributed by atoms with Crippen LogP contribution in [-0.2, 0) is 22.7 Å². The molecule has 0 atom stereocenters. The molecule has 0 aliphatic carbocycles. The van der Waals surface area contributed by atoms with Crippen molar-refractivity contribution in [2.45, 2.75) is 25.2 Å². The van der Waals surface area contributed by atoms with Gasteiger partial charge in [0.2, 0.25) is 0 Å². The van der Waals surface area contributed by atoms with Crippen molar-refractivity contribution in [1.82, 2.24) is 19.7 Å². The van der Waals surface area contributed by atoms with Crippen LogP contribution >= 0.6 is 23.1 Å². The van der Waals surface area contributed by atoms with Crippen LogP contribution in [0.5, 0.6) is 0 Å². The van der Waals surface area contributed by atoms with E-state index in [4.69, 9.17) is 4.74 Å². The molecule has 6 nitrogen and oxygen atoms in total. The molecule has 2 aromatic carbocycles. The summed E-state index contributed by atoms with van der Waals surface area (Å²) in [6, 6.07) is 18.0. The fourth-order valence-corrected chi connectivity index (χ4v) is 4.37. The Morgan fingerprint density at radius 1 is 1.11 bits per heavy atom. The maximum Gasteiger partial charge on any atom is 0.316 e. The van der Waals surface area contributed by atoms with Gasteiger partial charge in [0.1, 0.15) is 17.4 Å². The number of benzene rings is 2. The number of ether oxygens (including phenoxy) is 1. The average molecular weight is 411 g/mol. The first kappa shape index (κ1) is 18.6. The number of carbonyl (C=O) groups is 1. The Morgan fingerprint density at radius 3 is 2.71 bits per heavy atom. The van der Waals surface area contributed by atoms with Gasteiger partial charge in [0.25, 0.3) is 0 Å². The third-order valence-corrected chi connectivity index (χ3v) is 6.05. The molecule has 142 valence electrons. The van der Waals surface area contributed by atoms with Crippen molar-refractivity contribution in [3.05, 3.63) is 71.0 Å². The van der Waals surface area contributed by atoms with Crippen molar-refractivity contribution in [1.29, 1.82) is 0 Å². The Balaban J connectivity index is 1.33. The van der Waals surface area contributed by atoms with Gasteiger partial charge in [-0.2, -0.15) is 0 Å². The summed E-state index contributed by atoms with van der Waals surface area (Å²) in [7, 11) is 0. The van der Waals surface area contributed by atoms with E-state index in [9.17, 15) is 4.79 Å². The molecule has 0 radical (unpaired) electrons. The van der Waals surface area contributed by atoms with E-state index >= 15 is 0 Å². The zero-order chi connectivity index (χ0) is 19.3. The highest BCUT2D eigenvalue weighted by Crippen LogP contribution is 2.23. The van der Waals surface area contributed by atoms with Gasteiger partial charge in [0.05, 0.1) is 22.5 Å². The highest BCUT2D eigenvalue weighted by molar-refractivity contribution is 7.99. The lowest BCUT2D eigenvalue weighted by Crippen LogP contribution is -2.09. The van der Waals surface area contributed by atoms with Crippen molar-refractivity contribution < 1.29 is 9.53 Å². The molecular weight excluding hydrogens is 392 g/mol. The summed E-state index contributed by atoms with van der Waals surface area (Å²) in [6.45, 7) is 2.77. The number of aromatic nitrogens is 4. The molecule has 0 fully saturated rings. The van der Waals surface area contributed by atoms with Crippen LogP contribution in [-0.4, -0.2) is 31.5 Å². The van der Waals surface area contributed by atoms with E-state index in [0.29, 0.717) is 11.7 Å². The number of aryl methyl sites for hydroxylation is 1.